The first-order valence-corrected chi connectivity index (χ1v) is 21.1. The number of hydrogen-bond acceptors (Lipinski definition) is 15. The van der Waals surface area contributed by atoms with Gasteiger partial charge < -0.3 is 52.1 Å². The number of hydrogen-bond donors (Lipinski definition) is 1. The number of nitrogens with one attached hydrogen (secondary N) is 1. The predicted octanol–water partition coefficient (Wildman–Crippen LogP) is 6.45. The molecule has 0 amide bonds. The van der Waals surface area contributed by atoms with E-state index in [-0.39, 0.29) is 45.2 Å². The molecule has 2 aliphatic heterocycles. The summed E-state index contributed by atoms with van der Waals surface area (Å²) in [5.74, 6) is -2.65. The van der Waals surface area contributed by atoms with Crippen molar-refractivity contribution in [1.29, 1.82) is 5.41 Å². The number of halogens is 3. The first kappa shape index (κ1) is 49.3. The van der Waals surface area contributed by atoms with E-state index in [2.05, 4.69) is 0 Å². The Morgan fingerprint density at radius 2 is 1.11 bits per heavy atom. The average Bonchev–Trinajstić information content (AvgIpc) is 3.25. The molecule has 338 valence electrons. The summed E-state index contributed by atoms with van der Waals surface area (Å²) in [6.07, 6.45) is -12.5. The van der Waals surface area contributed by atoms with Gasteiger partial charge in [0.1, 0.15) is 48.8 Å². The number of carbonyl (C=O) groups excluding carboxylic acids is 3. The van der Waals surface area contributed by atoms with Gasteiger partial charge in [-0.25, -0.2) is 0 Å². The summed E-state index contributed by atoms with van der Waals surface area (Å²) in [6, 6.07) is 28.1. The van der Waals surface area contributed by atoms with Crippen LogP contribution in [0.2, 0.25) is 0 Å². The zero-order valence-electron chi connectivity index (χ0n) is 34.7. The zero-order chi connectivity index (χ0) is 44.6. The number of Topliss-reactive ketones (excluding diaryl/α,β-unsaturated/α-hetero) is 1. The second-order valence-electron chi connectivity index (χ2n) is 14.4. The van der Waals surface area contributed by atoms with Crippen molar-refractivity contribution in [3.05, 3.63) is 108 Å². The van der Waals surface area contributed by atoms with Crippen molar-refractivity contribution in [2.45, 2.75) is 112 Å². The lowest BCUT2D eigenvalue weighted by Gasteiger charge is -2.49. The molecule has 1 unspecified atom stereocenters. The Bertz CT molecular complexity index is 1860. The molecule has 3 aromatic carbocycles. The van der Waals surface area contributed by atoms with E-state index in [0.717, 1.165) is 16.7 Å². The van der Waals surface area contributed by atoms with Crippen molar-refractivity contribution in [2.75, 3.05) is 27.4 Å². The van der Waals surface area contributed by atoms with Gasteiger partial charge in [-0.15, -0.1) is 0 Å². The lowest BCUT2D eigenvalue weighted by atomic mass is 9.96. The highest BCUT2D eigenvalue weighted by Gasteiger charge is 2.56. The van der Waals surface area contributed by atoms with Crippen molar-refractivity contribution in [3.63, 3.8) is 0 Å². The molecule has 18 heteroatoms. The smallest absolute Gasteiger partial charge is 0.313 e. The van der Waals surface area contributed by atoms with Crippen molar-refractivity contribution >= 4 is 58.4 Å². The molecule has 0 radical (unpaired) electrons. The minimum absolute atomic E-state index is 0.0440. The average molecular weight is 925 g/mol. The van der Waals surface area contributed by atoms with E-state index in [0.29, 0.717) is 0 Å². The summed E-state index contributed by atoms with van der Waals surface area (Å²) in [5, 5.41) is 8.32. The van der Waals surface area contributed by atoms with Gasteiger partial charge in [0.25, 0.3) is 3.79 Å². The number of carbonyl (C=O) groups is 3. The van der Waals surface area contributed by atoms with Crippen LogP contribution in [0.4, 0.5) is 0 Å². The third-order valence-electron chi connectivity index (χ3n) is 9.89. The first-order valence-electron chi connectivity index (χ1n) is 19.9. The van der Waals surface area contributed by atoms with Crippen molar-refractivity contribution in [1.82, 2.24) is 0 Å². The summed E-state index contributed by atoms with van der Waals surface area (Å²) < 4.78 is 65.9. The van der Waals surface area contributed by atoms with Crippen molar-refractivity contribution < 1.29 is 66.5 Å². The van der Waals surface area contributed by atoms with E-state index in [4.69, 9.17) is 92.3 Å². The molecular formula is C44H52Cl3NO14. The van der Waals surface area contributed by atoms with E-state index in [1.807, 2.05) is 91.0 Å². The second-order valence-corrected chi connectivity index (χ2v) is 16.7. The Balaban J connectivity index is 1.53. The van der Waals surface area contributed by atoms with Gasteiger partial charge in [0.05, 0.1) is 33.0 Å². The van der Waals surface area contributed by atoms with Crippen LogP contribution in [0.1, 0.15) is 43.4 Å². The van der Waals surface area contributed by atoms with E-state index >= 15 is 0 Å². The quantitative estimate of drug-likeness (QED) is 0.0406. The highest BCUT2D eigenvalue weighted by atomic mass is 35.6. The summed E-state index contributed by atoms with van der Waals surface area (Å²) in [6.45, 7) is 2.94. The molecule has 0 aromatic heterocycles. The molecule has 0 bridgehead atoms. The lowest BCUT2D eigenvalue weighted by molar-refractivity contribution is -0.364. The summed E-state index contributed by atoms with van der Waals surface area (Å²) in [5.41, 5.74) is 2.54. The molecule has 0 aliphatic carbocycles. The molecule has 2 saturated heterocycles. The van der Waals surface area contributed by atoms with Crippen molar-refractivity contribution in [2.24, 2.45) is 0 Å². The lowest BCUT2D eigenvalue weighted by Crippen LogP contribution is -2.66. The molecule has 10 atom stereocenters. The normalized spacial score (nSPS) is 26.3. The Hall–Kier alpha value is -3.71. The molecule has 0 spiro atoms. The van der Waals surface area contributed by atoms with Crippen LogP contribution in [0.5, 0.6) is 0 Å². The van der Waals surface area contributed by atoms with E-state index in [1.54, 1.807) is 6.92 Å². The van der Waals surface area contributed by atoms with Crippen LogP contribution in [0.25, 0.3) is 0 Å². The number of alkyl halides is 3. The highest BCUT2D eigenvalue weighted by molar-refractivity contribution is 6.76. The largest absolute Gasteiger partial charge is 0.456 e. The Morgan fingerprint density at radius 3 is 1.60 bits per heavy atom. The van der Waals surface area contributed by atoms with E-state index < -0.39 is 89.5 Å². The zero-order valence-corrected chi connectivity index (χ0v) is 37.0. The van der Waals surface area contributed by atoms with Gasteiger partial charge in [-0.2, -0.15) is 0 Å². The third-order valence-corrected chi connectivity index (χ3v) is 10.4. The SMILES string of the molecule is CCC(=O)CC(=O)O[C@H]1[C@H](OC)[C@@H](OCc2ccccc2)[C@@H](O[C@H]2[C@H](OC)[C@@H](OC(C)=O)C(OC(=N)C(Cl)(Cl)Cl)O[C@@H]2COCc2ccccc2)O[C@@H]1COCc1ccccc1. The van der Waals surface area contributed by atoms with Crippen LogP contribution in [0.15, 0.2) is 91.0 Å². The molecule has 2 fully saturated rings. The highest BCUT2D eigenvalue weighted by Crippen LogP contribution is 2.37. The minimum Gasteiger partial charge on any atom is -0.456 e. The van der Waals surface area contributed by atoms with Gasteiger partial charge >= 0.3 is 11.9 Å². The number of methoxy groups -OCH3 is 2. The van der Waals surface area contributed by atoms with Gasteiger partial charge in [-0.3, -0.25) is 19.8 Å². The number of esters is 2. The van der Waals surface area contributed by atoms with E-state index in [1.165, 1.54) is 21.1 Å². The maximum atomic E-state index is 13.3. The molecule has 2 aliphatic rings. The fraction of sp³-hybridized carbons (Fsp3) is 0.500. The van der Waals surface area contributed by atoms with Gasteiger partial charge in [0.2, 0.25) is 12.2 Å². The topological polar surface area (TPSA) is 177 Å². The van der Waals surface area contributed by atoms with Crippen LogP contribution >= 0.6 is 34.8 Å². The summed E-state index contributed by atoms with van der Waals surface area (Å²) in [7, 11) is 2.78. The molecule has 62 heavy (non-hydrogen) atoms. The Labute approximate surface area is 375 Å². The van der Waals surface area contributed by atoms with Crippen LogP contribution in [0.3, 0.4) is 0 Å². The number of ketones is 1. The maximum Gasteiger partial charge on any atom is 0.313 e. The Kier molecular flexibility index (Phi) is 19.4. The van der Waals surface area contributed by atoms with Gasteiger partial charge in [0, 0.05) is 27.6 Å². The third kappa shape index (κ3) is 14.4. The van der Waals surface area contributed by atoms with Gasteiger partial charge in [-0.1, -0.05) is 133 Å². The molecule has 5 rings (SSSR count). The fourth-order valence-corrected chi connectivity index (χ4v) is 7.02. The number of rotatable bonds is 21. The Morgan fingerprint density at radius 1 is 0.629 bits per heavy atom. The number of benzene rings is 3. The molecule has 0 saturated carbocycles. The van der Waals surface area contributed by atoms with Crippen LogP contribution < -0.4 is 0 Å². The molecular weight excluding hydrogens is 873 g/mol. The molecule has 3 aromatic rings. The maximum absolute atomic E-state index is 13.3. The monoisotopic (exact) mass is 923 g/mol. The molecule has 1 N–H and O–H groups in total. The van der Waals surface area contributed by atoms with Crippen LogP contribution in [-0.4, -0.2) is 116 Å². The van der Waals surface area contributed by atoms with Gasteiger partial charge in [-0.05, 0) is 16.7 Å². The standard InChI is InChI=1S/C44H52Cl3NO14/c1-5-31(50)21-34(51)60-35-32(25-54-22-28-15-9-6-10-16-28)58-41(39(37(35)52-3)56-24-30-19-13-8-14-20-30)61-36-33(26-55-23-29-17-11-7-12-18-29)59-42(62-43(48)44(45,46)47)40(38(36)53-4)57-27(2)49/h6-20,32-33,35-42,48H,5,21-26H2,1-4H3/t32-,33-,35-,36-,37+,38+,39-,40-,41-,42?/m1/s1. The van der Waals surface area contributed by atoms with Gasteiger partial charge in [0.15, 0.2) is 18.5 Å². The summed E-state index contributed by atoms with van der Waals surface area (Å²) in [4.78, 5) is 38.2. The predicted molar refractivity (Wildman–Crippen MR) is 225 cm³/mol. The number of ether oxygens (including phenoxy) is 11. The van der Waals surface area contributed by atoms with Crippen LogP contribution in [-0.2, 0) is 86.3 Å². The molecule has 15 nitrogen and oxygen atoms in total. The second kappa shape index (κ2) is 24.4. The minimum atomic E-state index is -2.30. The fourth-order valence-electron chi connectivity index (χ4n) is 6.88. The van der Waals surface area contributed by atoms with Crippen LogP contribution in [0, 0.1) is 5.41 Å². The van der Waals surface area contributed by atoms with E-state index in [9.17, 15) is 14.4 Å². The van der Waals surface area contributed by atoms with Crippen molar-refractivity contribution in [3.8, 4) is 0 Å². The first-order chi connectivity index (χ1) is 29.8. The molecule has 2 heterocycles. The summed E-state index contributed by atoms with van der Waals surface area (Å²) >= 11 is 18.0.